The van der Waals surface area contributed by atoms with E-state index < -0.39 is 0 Å². The summed E-state index contributed by atoms with van der Waals surface area (Å²) in [5.41, 5.74) is 0. The summed E-state index contributed by atoms with van der Waals surface area (Å²) in [5.74, 6) is 2.05. The lowest BCUT2D eigenvalue weighted by atomic mass is 10.3. The Bertz CT molecular complexity index is 249. The smallest absolute Gasteiger partial charge is 0.203 e. The van der Waals surface area contributed by atoms with Crippen LogP contribution in [0, 0.1) is 0 Å². The number of para-hydroxylation sites is 1. The Morgan fingerprint density at radius 2 is 1.62 bits per heavy atom. The number of rotatable bonds is 4. The zero-order valence-electron chi connectivity index (χ0n) is 8.16. The molecular formula is C10H14O3. The number of methoxy groups -OCH3 is 2. The predicted octanol–water partition coefficient (Wildman–Crippen LogP) is 2.10. The first-order chi connectivity index (χ1) is 6.33. The number of benzene rings is 1. The highest BCUT2D eigenvalue weighted by molar-refractivity contribution is 5.50. The van der Waals surface area contributed by atoms with Gasteiger partial charge in [-0.3, -0.25) is 0 Å². The van der Waals surface area contributed by atoms with E-state index in [0.29, 0.717) is 23.9 Å². The van der Waals surface area contributed by atoms with E-state index in [9.17, 15) is 0 Å². The highest BCUT2D eigenvalue weighted by Crippen LogP contribution is 2.36. The molecule has 0 atom stereocenters. The minimum absolute atomic E-state index is 0.594. The van der Waals surface area contributed by atoms with Gasteiger partial charge in [-0.15, -0.1) is 0 Å². The summed E-state index contributed by atoms with van der Waals surface area (Å²) in [6.07, 6.45) is 0. The summed E-state index contributed by atoms with van der Waals surface area (Å²) in [4.78, 5) is 0. The van der Waals surface area contributed by atoms with Crippen LogP contribution in [0.2, 0.25) is 0 Å². The zero-order chi connectivity index (χ0) is 9.68. The van der Waals surface area contributed by atoms with Gasteiger partial charge in [0.1, 0.15) is 0 Å². The third-order valence-electron chi connectivity index (χ3n) is 1.67. The Balaban J connectivity index is 3.05. The van der Waals surface area contributed by atoms with Gasteiger partial charge in [-0.25, -0.2) is 0 Å². The van der Waals surface area contributed by atoms with Crippen LogP contribution < -0.4 is 14.2 Å². The Hall–Kier alpha value is -1.38. The van der Waals surface area contributed by atoms with Crippen LogP contribution in [-0.2, 0) is 0 Å². The van der Waals surface area contributed by atoms with E-state index >= 15 is 0 Å². The van der Waals surface area contributed by atoms with Crippen LogP contribution in [0.4, 0.5) is 0 Å². The number of ether oxygens (including phenoxy) is 3. The first kappa shape index (κ1) is 9.71. The molecule has 0 aliphatic heterocycles. The summed E-state index contributed by atoms with van der Waals surface area (Å²) >= 11 is 0. The van der Waals surface area contributed by atoms with Crippen LogP contribution in [0.25, 0.3) is 0 Å². The fraction of sp³-hybridized carbons (Fsp3) is 0.400. The second kappa shape index (κ2) is 4.60. The summed E-state index contributed by atoms with van der Waals surface area (Å²) < 4.78 is 15.7. The lowest BCUT2D eigenvalue weighted by molar-refractivity contribution is 0.288. The molecule has 0 saturated heterocycles. The van der Waals surface area contributed by atoms with Gasteiger partial charge in [0.2, 0.25) is 5.75 Å². The van der Waals surface area contributed by atoms with Gasteiger partial charge in [0.15, 0.2) is 11.5 Å². The largest absolute Gasteiger partial charge is 0.493 e. The van der Waals surface area contributed by atoms with Gasteiger partial charge in [-0.2, -0.15) is 0 Å². The molecule has 0 N–H and O–H groups in total. The first-order valence-electron chi connectivity index (χ1n) is 4.17. The van der Waals surface area contributed by atoms with Crippen molar-refractivity contribution in [2.45, 2.75) is 6.92 Å². The van der Waals surface area contributed by atoms with Crippen LogP contribution in [0.3, 0.4) is 0 Å². The van der Waals surface area contributed by atoms with Crippen LogP contribution in [0.15, 0.2) is 18.2 Å². The van der Waals surface area contributed by atoms with Gasteiger partial charge in [0, 0.05) is 0 Å². The molecule has 0 spiro atoms. The van der Waals surface area contributed by atoms with Crippen LogP contribution >= 0.6 is 0 Å². The van der Waals surface area contributed by atoms with Crippen molar-refractivity contribution >= 4 is 0 Å². The summed E-state index contributed by atoms with van der Waals surface area (Å²) in [6.45, 7) is 2.52. The Labute approximate surface area is 78.2 Å². The van der Waals surface area contributed by atoms with E-state index in [1.807, 2.05) is 25.1 Å². The van der Waals surface area contributed by atoms with Gasteiger partial charge in [0.05, 0.1) is 20.8 Å². The zero-order valence-corrected chi connectivity index (χ0v) is 8.16. The molecule has 0 aromatic heterocycles. The SMILES string of the molecule is CCOc1c(OC)cccc1OC. The van der Waals surface area contributed by atoms with E-state index in [1.165, 1.54) is 0 Å². The maximum Gasteiger partial charge on any atom is 0.203 e. The van der Waals surface area contributed by atoms with Crippen molar-refractivity contribution in [2.24, 2.45) is 0 Å². The minimum atomic E-state index is 0.594. The van der Waals surface area contributed by atoms with E-state index in [4.69, 9.17) is 14.2 Å². The molecule has 0 saturated carbocycles. The molecule has 0 heterocycles. The molecule has 0 fully saturated rings. The fourth-order valence-corrected chi connectivity index (χ4v) is 1.10. The molecule has 13 heavy (non-hydrogen) atoms. The Morgan fingerprint density at radius 1 is 1.08 bits per heavy atom. The van der Waals surface area contributed by atoms with Crippen molar-refractivity contribution in [3.8, 4) is 17.2 Å². The third-order valence-corrected chi connectivity index (χ3v) is 1.67. The molecule has 0 amide bonds. The van der Waals surface area contributed by atoms with Crippen LogP contribution in [0.1, 0.15) is 6.92 Å². The van der Waals surface area contributed by atoms with Crippen LogP contribution in [0.5, 0.6) is 17.2 Å². The lowest BCUT2D eigenvalue weighted by Gasteiger charge is -2.12. The first-order valence-corrected chi connectivity index (χ1v) is 4.17. The van der Waals surface area contributed by atoms with Crippen molar-refractivity contribution in [2.75, 3.05) is 20.8 Å². The second-order valence-electron chi connectivity index (χ2n) is 2.42. The second-order valence-corrected chi connectivity index (χ2v) is 2.42. The van der Waals surface area contributed by atoms with E-state index in [-0.39, 0.29) is 0 Å². The summed E-state index contributed by atoms with van der Waals surface area (Å²) in [5, 5.41) is 0. The topological polar surface area (TPSA) is 27.7 Å². The molecular weight excluding hydrogens is 168 g/mol. The molecule has 3 nitrogen and oxygen atoms in total. The van der Waals surface area contributed by atoms with E-state index in [1.54, 1.807) is 14.2 Å². The van der Waals surface area contributed by atoms with Crippen LogP contribution in [-0.4, -0.2) is 20.8 Å². The van der Waals surface area contributed by atoms with E-state index in [2.05, 4.69) is 0 Å². The molecule has 0 radical (unpaired) electrons. The quantitative estimate of drug-likeness (QED) is 0.713. The van der Waals surface area contributed by atoms with E-state index in [0.717, 1.165) is 0 Å². The third kappa shape index (κ3) is 2.05. The highest BCUT2D eigenvalue weighted by atomic mass is 16.5. The van der Waals surface area contributed by atoms with Gasteiger partial charge in [0.25, 0.3) is 0 Å². The summed E-state index contributed by atoms with van der Waals surface area (Å²) in [6, 6.07) is 5.54. The highest BCUT2D eigenvalue weighted by Gasteiger charge is 2.09. The molecule has 3 heteroatoms. The maximum atomic E-state index is 5.40. The standard InChI is InChI=1S/C10H14O3/c1-4-13-10-8(11-2)6-5-7-9(10)12-3/h5-7H,4H2,1-3H3. The average molecular weight is 182 g/mol. The monoisotopic (exact) mass is 182 g/mol. The van der Waals surface area contributed by atoms with Crippen molar-refractivity contribution in [3.05, 3.63) is 18.2 Å². The Kier molecular flexibility index (Phi) is 3.43. The van der Waals surface area contributed by atoms with Crippen molar-refractivity contribution in [3.63, 3.8) is 0 Å². The molecule has 0 aliphatic rings. The van der Waals surface area contributed by atoms with Gasteiger partial charge < -0.3 is 14.2 Å². The van der Waals surface area contributed by atoms with Gasteiger partial charge in [-0.1, -0.05) is 6.07 Å². The Morgan fingerprint density at radius 3 is 2.00 bits per heavy atom. The minimum Gasteiger partial charge on any atom is -0.493 e. The molecule has 0 aliphatic carbocycles. The summed E-state index contributed by atoms with van der Waals surface area (Å²) in [7, 11) is 3.22. The molecule has 1 aromatic rings. The molecule has 0 unspecified atom stereocenters. The van der Waals surface area contributed by atoms with Crippen molar-refractivity contribution in [1.82, 2.24) is 0 Å². The maximum absolute atomic E-state index is 5.40. The van der Waals surface area contributed by atoms with Crippen molar-refractivity contribution in [1.29, 1.82) is 0 Å². The normalized spacial score (nSPS) is 9.46. The van der Waals surface area contributed by atoms with Gasteiger partial charge in [-0.05, 0) is 19.1 Å². The fourth-order valence-electron chi connectivity index (χ4n) is 1.10. The lowest BCUT2D eigenvalue weighted by Crippen LogP contribution is -1.97. The number of hydrogen-bond acceptors (Lipinski definition) is 3. The predicted molar refractivity (Wildman–Crippen MR) is 50.7 cm³/mol. The molecule has 1 aromatic carbocycles. The molecule has 1 rings (SSSR count). The average Bonchev–Trinajstić information content (AvgIpc) is 2.18. The molecule has 0 bridgehead atoms. The number of hydrogen-bond donors (Lipinski definition) is 0. The molecule has 72 valence electrons. The van der Waals surface area contributed by atoms with Crippen molar-refractivity contribution < 1.29 is 14.2 Å². The van der Waals surface area contributed by atoms with Gasteiger partial charge >= 0.3 is 0 Å².